The van der Waals surface area contributed by atoms with Gasteiger partial charge in [0.15, 0.2) is 16.7 Å². The molecule has 3 rings (SSSR count). The van der Waals surface area contributed by atoms with Gasteiger partial charge in [-0.05, 0) is 12.1 Å². The first-order valence-electron chi connectivity index (χ1n) is 6.80. The van der Waals surface area contributed by atoms with Gasteiger partial charge < -0.3 is 14.4 Å². The predicted molar refractivity (Wildman–Crippen MR) is 80.2 cm³/mol. The van der Waals surface area contributed by atoms with E-state index in [1.54, 1.807) is 5.38 Å². The van der Waals surface area contributed by atoms with Crippen molar-refractivity contribution in [1.29, 1.82) is 0 Å². The lowest BCUT2D eigenvalue weighted by Gasteiger charge is -2.26. The highest BCUT2D eigenvalue weighted by Gasteiger charge is 2.20. The zero-order valence-corrected chi connectivity index (χ0v) is 12.5. The van der Waals surface area contributed by atoms with Crippen LogP contribution in [0.4, 0.5) is 13.9 Å². The van der Waals surface area contributed by atoms with Gasteiger partial charge in [0.1, 0.15) is 6.73 Å². The molecule has 0 amide bonds. The summed E-state index contributed by atoms with van der Waals surface area (Å²) < 4.78 is 37.6. The lowest BCUT2D eigenvalue weighted by Crippen LogP contribution is -2.36. The molecule has 0 spiro atoms. The number of thiazole rings is 1. The number of morpholine rings is 1. The Hall–Kier alpha value is -1.77. The fourth-order valence-corrected chi connectivity index (χ4v) is 3.13. The van der Waals surface area contributed by atoms with Gasteiger partial charge in [-0.1, -0.05) is 0 Å². The number of nitrogens with zero attached hydrogens (tertiary/aromatic N) is 2. The van der Waals surface area contributed by atoms with Crippen molar-refractivity contribution in [2.24, 2.45) is 5.73 Å². The van der Waals surface area contributed by atoms with Gasteiger partial charge >= 0.3 is 0 Å². The molecule has 0 unspecified atom stereocenters. The molecular weight excluding hydrogens is 312 g/mol. The number of halogens is 2. The van der Waals surface area contributed by atoms with Crippen LogP contribution in [0, 0.1) is 11.6 Å². The predicted octanol–water partition coefficient (Wildman–Crippen LogP) is 2.22. The fourth-order valence-electron chi connectivity index (χ4n) is 2.25. The number of benzene rings is 1. The molecule has 0 saturated carbocycles. The summed E-state index contributed by atoms with van der Waals surface area (Å²) in [6.07, 6.45) is 0. The van der Waals surface area contributed by atoms with E-state index in [1.165, 1.54) is 17.4 Å². The molecule has 2 N–H and O–H groups in total. The number of rotatable bonds is 4. The van der Waals surface area contributed by atoms with E-state index in [-0.39, 0.29) is 12.5 Å². The van der Waals surface area contributed by atoms with Crippen LogP contribution in [0.1, 0.15) is 0 Å². The minimum Gasteiger partial charge on any atom is -0.475 e. The lowest BCUT2D eigenvalue weighted by molar-refractivity contribution is 0.122. The molecule has 1 aromatic heterocycles. The van der Waals surface area contributed by atoms with E-state index in [2.05, 4.69) is 9.88 Å². The molecule has 2 heterocycles. The molecule has 5 nitrogen and oxygen atoms in total. The maximum Gasteiger partial charge on any atom is 0.201 e. The molecule has 0 atom stereocenters. The lowest BCUT2D eigenvalue weighted by atomic mass is 10.1. The normalized spacial score (nSPS) is 15.1. The van der Waals surface area contributed by atoms with Crippen molar-refractivity contribution in [2.45, 2.75) is 0 Å². The molecule has 0 bridgehead atoms. The average molecular weight is 327 g/mol. The van der Waals surface area contributed by atoms with E-state index in [9.17, 15) is 8.78 Å². The molecule has 1 aliphatic rings. The van der Waals surface area contributed by atoms with Crippen LogP contribution in [0.15, 0.2) is 17.5 Å². The maximum atomic E-state index is 13.9. The summed E-state index contributed by atoms with van der Waals surface area (Å²) in [5.74, 6) is -2.24. The Kier molecular flexibility index (Phi) is 4.51. The molecule has 22 heavy (non-hydrogen) atoms. The third-order valence-corrected chi connectivity index (χ3v) is 4.23. The van der Waals surface area contributed by atoms with E-state index in [0.717, 1.165) is 24.3 Å². The van der Waals surface area contributed by atoms with Crippen LogP contribution in [0.25, 0.3) is 11.3 Å². The minimum atomic E-state index is -1.05. The Balaban J connectivity index is 1.94. The molecule has 1 fully saturated rings. The van der Waals surface area contributed by atoms with Crippen molar-refractivity contribution in [2.75, 3.05) is 37.9 Å². The van der Waals surface area contributed by atoms with Crippen molar-refractivity contribution in [3.05, 3.63) is 29.1 Å². The van der Waals surface area contributed by atoms with E-state index in [0.29, 0.717) is 24.5 Å². The second kappa shape index (κ2) is 6.55. The van der Waals surface area contributed by atoms with Crippen molar-refractivity contribution < 1.29 is 18.3 Å². The fraction of sp³-hybridized carbons (Fsp3) is 0.357. The monoisotopic (exact) mass is 327 g/mol. The van der Waals surface area contributed by atoms with Crippen molar-refractivity contribution in [3.63, 3.8) is 0 Å². The Morgan fingerprint density at radius 3 is 2.82 bits per heavy atom. The molecule has 8 heteroatoms. The number of hydrogen-bond acceptors (Lipinski definition) is 6. The second-order valence-electron chi connectivity index (χ2n) is 4.66. The van der Waals surface area contributed by atoms with Gasteiger partial charge in [-0.15, -0.1) is 11.3 Å². The molecule has 0 aliphatic carbocycles. The Morgan fingerprint density at radius 1 is 1.32 bits per heavy atom. The van der Waals surface area contributed by atoms with Crippen LogP contribution < -0.4 is 15.4 Å². The highest BCUT2D eigenvalue weighted by molar-refractivity contribution is 7.14. The van der Waals surface area contributed by atoms with E-state index in [4.69, 9.17) is 15.2 Å². The van der Waals surface area contributed by atoms with E-state index < -0.39 is 11.6 Å². The topological polar surface area (TPSA) is 60.6 Å². The molecule has 118 valence electrons. The summed E-state index contributed by atoms with van der Waals surface area (Å²) >= 11 is 1.44. The van der Waals surface area contributed by atoms with Gasteiger partial charge in [-0.2, -0.15) is 4.39 Å². The van der Waals surface area contributed by atoms with E-state index in [1.807, 2.05) is 0 Å². The number of hydrogen-bond donors (Lipinski definition) is 1. The number of aromatic nitrogens is 1. The summed E-state index contributed by atoms with van der Waals surface area (Å²) in [7, 11) is 0. The third kappa shape index (κ3) is 2.90. The molecular formula is C14H15F2N3O2S. The Labute approximate surface area is 130 Å². The number of anilines is 1. The standard InChI is InChI=1S/C14H15F2N3O2S/c15-10-2-1-9(13(12(10)16)21-8-17)11-7-22-14(18-11)19-3-5-20-6-4-19/h1-2,7H,3-6,8,17H2. The van der Waals surface area contributed by atoms with Crippen LogP contribution in [-0.2, 0) is 4.74 Å². The van der Waals surface area contributed by atoms with Crippen LogP contribution in [-0.4, -0.2) is 38.0 Å². The highest BCUT2D eigenvalue weighted by atomic mass is 32.1. The zero-order chi connectivity index (χ0) is 15.5. The smallest absolute Gasteiger partial charge is 0.201 e. The number of ether oxygens (including phenoxy) is 2. The summed E-state index contributed by atoms with van der Waals surface area (Å²) in [6.45, 7) is 2.59. The van der Waals surface area contributed by atoms with Crippen molar-refractivity contribution in [1.82, 2.24) is 4.98 Å². The molecule has 2 aromatic rings. The van der Waals surface area contributed by atoms with Crippen LogP contribution in [0.5, 0.6) is 5.75 Å². The minimum absolute atomic E-state index is 0.207. The molecule has 0 radical (unpaired) electrons. The van der Waals surface area contributed by atoms with Gasteiger partial charge in [0.2, 0.25) is 5.82 Å². The first kappa shape index (κ1) is 15.1. The third-order valence-electron chi connectivity index (χ3n) is 3.33. The van der Waals surface area contributed by atoms with Crippen molar-refractivity contribution in [3.8, 4) is 17.0 Å². The summed E-state index contributed by atoms with van der Waals surface area (Å²) in [5.41, 5.74) is 6.22. The molecule has 1 aromatic carbocycles. The Bertz CT molecular complexity index is 660. The Morgan fingerprint density at radius 2 is 2.09 bits per heavy atom. The first-order valence-corrected chi connectivity index (χ1v) is 7.68. The second-order valence-corrected chi connectivity index (χ2v) is 5.50. The average Bonchev–Trinajstić information content (AvgIpc) is 3.03. The first-order chi connectivity index (χ1) is 10.7. The van der Waals surface area contributed by atoms with E-state index >= 15 is 0 Å². The summed E-state index contributed by atoms with van der Waals surface area (Å²) in [5, 5.41) is 2.61. The maximum absolute atomic E-state index is 13.9. The molecule has 1 saturated heterocycles. The van der Waals surface area contributed by atoms with Crippen LogP contribution in [0.2, 0.25) is 0 Å². The molecule has 1 aliphatic heterocycles. The van der Waals surface area contributed by atoms with Gasteiger partial charge in [0.25, 0.3) is 0 Å². The van der Waals surface area contributed by atoms with Gasteiger partial charge in [-0.25, -0.2) is 9.37 Å². The van der Waals surface area contributed by atoms with Gasteiger partial charge in [0, 0.05) is 24.0 Å². The summed E-state index contributed by atoms with van der Waals surface area (Å²) in [6, 6.07) is 2.50. The quantitative estimate of drug-likeness (QED) is 0.873. The zero-order valence-electron chi connectivity index (χ0n) is 11.7. The van der Waals surface area contributed by atoms with Crippen LogP contribution in [0.3, 0.4) is 0 Å². The SMILES string of the molecule is NCOc1c(-c2csc(N3CCOCC3)n2)ccc(F)c1F. The van der Waals surface area contributed by atoms with Gasteiger partial charge in [-0.3, -0.25) is 5.73 Å². The number of nitrogens with two attached hydrogens (primary N) is 1. The highest BCUT2D eigenvalue weighted by Crippen LogP contribution is 2.36. The largest absolute Gasteiger partial charge is 0.475 e. The summed E-state index contributed by atoms with van der Waals surface area (Å²) in [4.78, 5) is 6.60. The van der Waals surface area contributed by atoms with Crippen molar-refractivity contribution >= 4 is 16.5 Å². The van der Waals surface area contributed by atoms with Gasteiger partial charge in [0.05, 0.1) is 18.9 Å². The van der Waals surface area contributed by atoms with Crippen LogP contribution >= 0.6 is 11.3 Å².